The molecule has 8 heteroatoms. The van der Waals surface area contributed by atoms with E-state index < -0.39 is 0 Å². The van der Waals surface area contributed by atoms with Crippen LogP contribution in [0.3, 0.4) is 0 Å². The van der Waals surface area contributed by atoms with Crippen LogP contribution in [0, 0.1) is 5.92 Å². The summed E-state index contributed by atoms with van der Waals surface area (Å²) in [7, 11) is 0. The van der Waals surface area contributed by atoms with Gasteiger partial charge in [0.1, 0.15) is 0 Å². The van der Waals surface area contributed by atoms with Crippen LogP contribution in [-0.2, 0) is 24.4 Å². The van der Waals surface area contributed by atoms with Crippen molar-refractivity contribution in [1.82, 2.24) is 25.3 Å². The van der Waals surface area contributed by atoms with Crippen molar-refractivity contribution in [3.8, 4) is 11.4 Å². The quantitative estimate of drug-likeness (QED) is 0.451. The fraction of sp³-hybridized carbons (Fsp3) is 0.444. The molecular weight excluding hydrogens is 506 g/mol. The molecule has 0 spiro atoms. The Hall–Kier alpha value is -2.55. The third kappa shape index (κ3) is 6.57. The molecule has 3 heterocycles. The lowest BCUT2D eigenvalue weighted by Gasteiger charge is -2.30. The molecule has 0 unspecified atom stereocenters. The molecule has 0 atom stereocenters. The van der Waals surface area contributed by atoms with Crippen molar-refractivity contribution in [1.29, 1.82) is 0 Å². The fourth-order valence-electron chi connectivity index (χ4n) is 4.98. The zero-order valence-corrected chi connectivity index (χ0v) is 21.5. The maximum Gasteiger partial charge on any atom is 0.241 e. The molecule has 2 aliphatic heterocycles. The average molecular weight is 538 g/mol. The lowest BCUT2D eigenvalue weighted by Crippen LogP contribution is -2.40. The summed E-state index contributed by atoms with van der Waals surface area (Å²) in [5, 5.41) is 7.29. The molecule has 1 amide bonds. The monoisotopic (exact) mass is 537 g/mol. The van der Waals surface area contributed by atoms with Crippen molar-refractivity contribution in [2.45, 2.75) is 45.3 Å². The summed E-state index contributed by atoms with van der Waals surface area (Å²) in [6.45, 7) is 6.28. The second kappa shape index (κ2) is 11.5. The number of rotatable bonds is 8. The van der Waals surface area contributed by atoms with E-state index in [0.717, 1.165) is 42.5 Å². The maximum atomic E-state index is 12.8. The van der Waals surface area contributed by atoms with Crippen LogP contribution in [-0.4, -0.2) is 52.0 Å². The lowest BCUT2D eigenvalue weighted by molar-refractivity contribution is -0.126. The van der Waals surface area contributed by atoms with Gasteiger partial charge in [-0.3, -0.25) is 14.6 Å². The first-order valence-electron chi connectivity index (χ1n) is 12.5. The third-order valence-electron chi connectivity index (χ3n) is 6.93. The highest BCUT2D eigenvalue weighted by Gasteiger charge is 2.26. The third-order valence-corrected chi connectivity index (χ3v) is 7.42. The highest BCUT2D eigenvalue weighted by atomic mass is 79.9. The van der Waals surface area contributed by atoms with Gasteiger partial charge in [0.05, 0.1) is 6.54 Å². The number of nitrogens with one attached hydrogen (secondary N) is 1. The first-order valence-corrected chi connectivity index (χ1v) is 13.3. The van der Waals surface area contributed by atoms with E-state index in [1.54, 1.807) is 0 Å². The largest absolute Gasteiger partial charge is 0.352 e. The van der Waals surface area contributed by atoms with Crippen LogP contribution in [0.4, 0.5) is 0 Å². The van der Waals surface area contributed by atoms with Crippen LogP contribution in [0.15, 0.2) is 57.5 Å². The number of carbonyl (C=O) groups excluding carboxylic acids is 1. The van der Waals surface area contributed by atoms with E-state index in [0.29, 0.717) is 24.8 Å². The van der Waals surface area contributed by atoms with Crippen molar-refractivity contribution < 1.29 is 9.32 Å². The first-order chi connectivity index (χ1) is 17.1. The molecule has 184 valence electrons. The van der Waals surface area contributed by atoms with Crippen LogP contribution in [0.1, 0.15) is 42.7 Å². The van der Waals surface area contributed by atoms with Crippen LogP contribution in [0.5, 0.6) is 0 Å². The molecule has 2 aliphatic rings. The number of aromatic nitrogens is 2. The van der Waals surface area contributed by atoms with Gasteiger partial charge in [0.2, 0.25) is 17.6 Å². The van der Waals surface area contributed by atoms with Crippen molar-refractivity contribution >= 4 is 21.8 Å². The van der Waals surface area contributed by atoms with Crippen molar-refractivity contribution in [3.63, 3.8) is 0 Å². The van der Waals surface area contributed by atoms with Crippen molar-refractivity contribution in [2.24, 2.45) is 5.92 Å². The molecule has 3 aromatic rings. The highest BCUT2D eigenvalue weighted by molar-refractivity contribution is 9.10. The summed E-state index contributed by atoms with van der Waals surface area (Å²) < 4.78 is 6.46. The van der Waals surface area contributed by atoms with E-state index in [9.17, 15) is 4.79 Å². The molecule has 1 aromatic heterocycles. The second-order valence-corrected chi connectivity index (χ2v) is 10.5. The Morgan fingerprint density at radius 1 is 0.971 bits per heavy atom. The minimum atomic E-state index is 0.0546. The topological polar surface area (TPSA) is 74.5 Å². The van der Waals surface area contributed by atoms with E-state index >= 15 is 0 Å². The Bertz CT molecular complexity index is 1140. The Morgan fingerprint density at radius 2 is 1.71 bits per heavy atom. The van der Waals surface area contributed by atoms with Gasteiger partial charge < -0.3 is 9.84 Å². The van der Waals surface area contributed by atoms with Gasteiger partial charge in [0, 0.05) is 29.0 Å². The van der Waals surface area contributed by atoms with Crippen molar-refractivity contribution in [3.05, 3.63) is 70.0 Å². The second-order valence-electron chi connectivity index (χ2n) is 9.59. The Kier molecular flexibility index (Phi) is 7.91. The number of benzene rings is 2. The molecule has 1 N–H and O–H groups in total. The standard InChI is InChI=1S/C27H32BrN5O2/c28-24-8-4-7-23(16-24)26-30-25(35-31-26)19-33-13-9-22(10-14-33)27(34)29-17-20-5-3-6-21(15-20)18-32-11-1-2-12-32/h3-8,15-16,22H,1-2,9-14,17-19H2,(H,29,34). The van der Waals surface area contributed by atoms with Gasteiger partial charge in [-0.1, -0.05) is 57.5 Å². The normalized spacial score (nSPS) is 17.6. The number of amides is 1. The minimum Gasteiger partial charge on any atom is -0.352 e. The molecule has 0 saturated carbocycles. The zero-order chi connectivity index (χ0) is 24.0. The van der Waals surface area contributed by atoms with E-state index in [2.05, 4.69) is 65.5 Å². The van der Waals surface area contributed by atoms with Gasteiger partial charge in [-0.25, -0.2) is 0 Å². The predicted molar refractivity (Wildman–Crippen MR) is 138 cm³/mol. The molecular formula is C27H32BrN5O2. The van der Waals surface area contributed by atoms with Gasteiger partial charge in [0.15, 0.2) is 0 Å². The Balaban J connectivity index is 1.07. The van der Waals surface area contributed by atoms with Crippen LogP contribution in [0.25, 0.3) is 11.4 Å². The zero-order valence-electron chi connectivity index (χ0n) is 20.0. The van der Waals surface area contributed by atoms with Crippen LogP contribution >= 0.6 is 15.9 Å². The molecule has 0 radical (unpaired) electrons. The van der Waals surface area contributed by atoms with Crippen LogP contribution < -0.4 is 5.32 Å². The number of halogens is 1. The van der Waals surface area contributed by atoms with Gasteiger partial charge in [0.25, 0.3) is 0 Å². The lowest BCUT2D eigenvalue weighted by atomic mass is 9.96. The minimum absolute atomic E-state index is 0.0546. The molecule has 5 rings (SSSR count). The number of hydrogen-bond acceptors (Lipinski definition) is 6. The van der Waals surface area contributed by atoms with E-state index in [4.69, 9.17) is 4.52 Å². The van der Waals surface area contributed by atoms with E-state index in [-0.39, 0.29) is 11.8 Å². The summed E-state index contributed by atoms with van der Waals surface area (Å²) in [5.74, 6) is 1.42. The van der Waals surface area contributed by atoms with Gasteiger partial charge >= 0.3 is 0 Å². The molecule has 2 aromatic carbocycles. The summed E-state index contributed by atoms with van der Waals surface area (Å²) in [6.07, 6.45) is 4.29. The number of nitrogens with zero attached hydrogens (tertiary/aromatic N) is 4. The summed E-state index contributed by atoms with van der Waals surface area (Å²) >= 11 is 3.48. The summed E-state index contributed by atoms with van der Waals surface area (Å²) in [5.41, 5.74) is 3.42. The number of piperidine rings is 1. The molecule has 35 heavy (non-hydrogen) atoms. The van der Waals surface area contributed by atoms with Gasteiger partial charge in [-0.15, -0.1) is 0 Å². The Morgan fingerprint density at radius 3 is 2.51 bits per heavy atom. The number of likely N-dealkylation sites (tertiary alicyclic amines) is 2. The number of carbonyl (C=O) groups is 1. The molecule has 0 aliphatic carbocycles. The van der Waals surface area contributed by atoms with Crippen molar-refractivity contribution in [2.75, 3.05) is 26.2 Å². The van der Waals surface area contributed by atoms with E-state index in [1.165, 1.54) is 37.1 Å². The molecule has 7 nitrogen and oxygen atoms in total. The summed E-state index contributed by atoms with van der Waals surface area (Å²) in [4.78, 5) is 22.1. The van der Waals surface area contributed by atoms with E-state index in [1.807, 2.05) is 24.3 Å². The summed E-state index contributed by atoms with van der Waals surface area (Å²) in [6, 6.07) is 16.5. The smallest absolute Gasteiger partial charge is 0.241 e. The van der Waals surface area contributed by atoms with Crippen LogP contribution in [0.2, 0.25) is 0 Å². The first kappa shape index (κ1) is 24.2. The fourth-order valence-corrected chi connectivity index (χ4v) is 5.38. The maximum absolute atomic E-state index is 12.8. The molecule has 2 saturated heterocycles. The predicted octanol–water partition coefficient (Wildman–Crippen LogP) is 4.62. The molecule has 2 fully saturated rings. The molecule has 0 bridgehead atoms. The SMILES string of the molecule is O=C(NCc1cccc(CN2CCCC2)c1)C1CCN(Cc2nc(-c3cccc(Br)c3)no2)CC1. The van der Waals surface area contributed by atoms with Gasteiger partial charge in [-0.2, -0.15) is 4.98 Å². The highest BCUT2D eigenvalue weighted by Crippen LogP contribution is 2.23. The van der Waals surface area contributed by atoms with Gasteiger partial charge in [-0.05, 0) is 75.1 Å². The Labute approximate surface area is 215 Å². The average Bonchev–Trinajstić information content (AvgIpc) is 3.56. The number of hydrogen-bond donors (Lipinski definition) is 1.